The van der Waals surface area contributed by atoms with Gasteiger partial charge in [0.15, 0.2) is 11.5 Å². The second kappa shape index (κ2) is 6.47. The Labute approximate surface area is 137 Å². The Hall–Kier alpha value is -2.26. The highest BCUT2D eigenvalue weighted by atomic mass is 16.3. The molecule has 0 bridgehead atoms. The largest absolute Gasteiger partial charge is 0.504 e. The normalized spacial score (nSPS) is 18.2. The quantitative estimate of drug-likeness (QED) is 0.673. The van der Waals surface area contributed by atoms with E-state index in [1.807, 2.05) is 6.08 Å². The fourth-order valence-electron chi connectivity index (χ4n) is 3.42. The van der Waals surface area contributed by atoms with Gasteiger partial charge in [-0.15, -0.1) is 6.58 Å². The Morgan fingerprint density at radius 2 is 2.00 bits per heavy atom. The van der Waals surface area contributed by atoms with E-state index in [-0.39, 0.29) is 17.4 Å². The summed E-state index contributed by atoms with van der Waals surface area (Å²) in [6.45, 7) is 8.59. The van der Waals surface area contributed by atoms with Crippen LogP contribution in [0.5, 0.6) is 11.5 Å². The smallest absolute Gasteiger partial charge is 0.157 e. The molecule has 0 aromatic heterocycles. The van der Waals surface area contributed by atoms with E-state index in [1.54, 1.807) is 12.1 Å². The van der Waals surface area contributed by atoms with Crippen molar-refractivity contribution in [2.24, 2.45) is 0 Å². The zero-order valence-electron chi connectivity index (χ0n) is 13.5. The average molecular weight is 309 g/mol. The van der Waals surface area contributed by atoms with Crippen LogP contribution >= 0.6 is 0 Å². The first-order valence-corrected chi connectivity index (χ1v) is 8.03. The van der Waals surface area contributed by atoms with E-state index in [0.29, 0.717) is 0 Å². The van der Waals surface area contributed by atoms with E-state index >= 15 is 0 Å². The summed E-state index contributed by atoms with van der Waals surface area (Å²) < 4.78 is 0. The highest BCUT2D eigenvalue weighted by Gasteiger charge is 2.25. The van der Waals surface area contributed by atoms with Crippen molar-refractivity contribution < 1.29 is 10.2 Å². The lowest BCUT2D eigenvalue weighted by atomic mass is 9.87. The van der Waals surface area contributed by atoms with E-state index < -0.39 is 0 Å². The van der Waals surface area contributed by atoms with Crippen molar-refractivity contribution >= 4 is 0 Å². The standard InChI is InChI=1S/C20H23NO2/c1-3-8-21-9-7-16-11-19(22)20(23)12-17(16)18(13-21)15-6-4-5-14(2)10-15/h3-6,10-12,18,22-23H,1,7-9,13H2,2H3. The number of nitrogens with zero attached hydrogens (tertiary/aromatic N) is 1. The molecule has 1 aliphatic rings. The molecule has 3 heteroatoms. The van der Waals surface area contributed by atoms with E-state index in [4.69, 9.17) is 0 Å². The van der Waals surface area contributed by atoms with Gasteiger partial charge in [0, 0.05) is 25.6 Å². The summed E-state index contributed by atoms with van der Waals surface area (Å²) >= 11 is 0. The van der Waals surface area contributed by atoms with Crippen molar-refractivity contribution in [3.8, 4) is 11.5 Å². The number of hydrogen-bond acceptors (Lipinski definition) is 3. The van der Waals surface area contributed by atoms with Crippen LogP contribution in [0.25, 0.3) is 0 Å². The number of aromatic hydroxyl groups is 2. The first kappa shape index (κ1) is 15.6. The lowest BCUT2D eigenvalue weighted by molar-refractivity contribution is 0.306. The fourth-order valence-corrected chi connectivity index (χ4v) is 3.42. The molecule has 2 aromatic carbocycles. The Bertz CT molecular complexity index is 724. The third-order valence-corrected chi connectivity index (χ3v) is 4.58. The topological polar surface area (TPSA) is 43.7 Å². The predicted octanol–water partition coefficient (Wildman–Crippen LogP) is 3.58. The third-order valence-electron chi connectivity index (χ3n) is 4.58. The predicted molar refractivity (Wildman–Crippen MR) is 93.1 cm³/mol. The van der Waals surface area contributed by atoms with E-state index in [9.17, 15) is 10.2 Å². The van der Waals surface area contributed by atoms with Gasteiger partial charge in [-0.25, -0.2) is 0 Å². The van der Waals surface area contributed by atoms with Gasteiger partial charge < -0.3 is 10.2 Å². The van der Waals surface area contributed by atoms with Crippen LogP contribution in [0.2, 0.25) is 0 Å². The molecule has 0 fully saturated rings. The first-order valence-electron chi connectivity index (χ1n) is 8.03. The van der Waals surface area contributed by atoms with Crippen LogP contribution < -0.4 is 0 Å². The molecule has 120 valence electrons. The van der Waals surface area contributed by atoms with Crippen LogP contribution in [-0.2, 0) is 6.42 Å². The molecule has 0 amide bonds. The summed E-state index contributed by atoms with van der Waals surface area (Å²) in [5.41, 5.74) is 4.69. The highest BCUT2D eigenvalue weighted by molar-refractivity contribution is 5.50. The molecule has 1 heterocycles. The second-order valence-electron chi connectivity index (χ2n) is 6.30. The lowest BCUT2D eigenvalue weighted by Gasteiger charge is -2.24. The maximum absolute atomic E-state index is 9.98. The van der Waals surface area contributed by atoms with Gasteiger partial charge in [0.25, 0.3) is 0 Å². The van der Waals surface area contributed by atoms with Crippen molar-refractivity contribution in [2.75, 3.05) is 19.6 Å². The average Bonchev–Trinajstić information content (AvgIpc) is 2.69. The van der Waals surface area contributed by atoms with Gasteiger partial charge in [-0.2, -0.15) is 0 Å². The minimum Gasteiger partial charge on any atom is -0.504 e. The summed E-state index contributed by atoms with van der Waals surface area (Å²) in [6, 6.07) is 12.0. The monoisotopic (exact) mass is 309 g/mol. The molecule has 23 heavy (non-hydrogen) atoms. The minimum atomic E-state index is -0.0430. The molecule has 1 aliphatic heterocycles. The lowest BCUT2D eigenvalue weighted by Crippen LogP contribution is -2.28. The van der Waals surface area contributed by atoms with Gasteiger partial charge in [0.05, 0.1) is 0 Å². The molecule has 1 atom stereocenters. The van der Waals surface area contributed by atoms with Crippen molar-refractivity contribution in [3.63, 3.8) is 0 Å². The van der Waals surface area contributed by atoms with E-state index in [0.717, 1.165) is 37.2 Å². The molecule has 1 unspecified atom stereocenters. The maximum atomic E-state index is 9.98. The summed E-state index contributed by atoms with van der Waals surface area (Å²) in [5.74, 6) is 0.0985. The van der Waals surface area contributed by atoms with Crippen LogP contribution in [0.15, 0.2) is 49.1 Å². The molecule has 2 aromatic rings. The summed E-state index contributed by atoms with van der Waals surface area (Å²) in [6.07, 6.45) is 2.79. The Morgan fingerprint density at radius 3 is 2.74 bits per heavy atom. The van der Waals surface area contributed by atoms with Crippen LogP contribution in [-0.4, -0.2) is 34.7 Å². The van der Waals surface area contributed by atoms with Gasteiger partial charge in [-0.1, -0.05) is 35.9 Å². The first-order chi connectivity index (χ1) is 11.1. The maximum Gasteiger partial charge on any atom is 0.157 e. The Kier molecular flexibility index (Phi) is 4.39. The number of fused-ring (bicyclic) bond motifs is 1. The fraction of sp³-hybridized carbons (Fsp3) is 0.300. The van der Waals surface area contributed by atoms with Crippen molar-refractivity contribution in [1.82, 2.24) is 4.90 Å². The zero-order chi connectivity index (χ0) is 16.4. The van der Waals surface area contributed by atoms with Gasteiger partial charge >= 0.3 is 0 Å². The van der Waals surface area contributed by atoms with Crippen molar-refractivity contribution in [1.29, 1.82) is 0 Å². The molecular formula is C20H23NO2. The van der Waals surface area contributed by atoms with Crippen molar-refractivity contribution in [2.45, 2.75) is 19.3 Å². The number of aryl methyl sites for hydroxylation is 1. The molecule has 3 nitrogen and oxygen atoms in total. The summed E-state index contributed by atoms with van der Waals surface area (Å²) in [5, 5.41) is 19.8. The SMILES string of the molecule is C=CCN1CCc2cc(O)c(O)cc2C(c2cccc(C)c2)C1. The molecule has 2 N–H and O–H groups in total. The van der Waals surface area contributed by atoms with Gasteiger partial charge in [-0.3, -0.25) is 4.90 Å². The van der Waals surface area contributed by atoms with E-state index in [2.05, 4.69) is 42.7 Å². The second-order valence-corrected chi connectivity index (χ2v) is 6.30. The summed E-state index contributed by atoms with van der Waals surface area (Å²) in [4.78, 5) is 2.37. The van der Waals surface area contributed by atoms with Crippen LogP contribution in [0.1, 0.15) is 28.2 Å². The van der Waals surface area contributed by atoms with Crippen LogP contribution in [0.3, 0.4) is 0 Å². The highest BCUT2D eigenvalue weighted by Crippen LogP contribution is 2.37. The van der Waals surface area contributed by atoms with Gasteiger partial charge in [-0.05, 0) is 42.2 Å². The molecule has 0 radical (unpaired) electrons. The molecule has 0 saturated carbocycles. The van der Waals surface area contributed by atoms with Gasteiger partial charge in [0.2, 0.25) is 0 Å². The summed E-state index contributed by atoms with van der Waals surface area (Å²) in [7, 11) is 0. The number of hydrogen-bond donors (Lipinski definition) is 2. The van der Waals surface area contributed by atoms with E-state index in [1.165, 1.54) is 11.1 Å². The van der Waals surface area contributed by atoms with Gasteiger partial charge in [0.1, 0.15) is 0 Å². The number of rotatable bonds is 3. The minimum absolute atomic E-state index is 0.0380. The van der Waals surface area contributed by atoms with Crippen molar-refractivity contribution in [3.05, 3.63) is 71.3 Å². The van der Waals surface area contributed by atoms with Crippen LogP contribution in [0.4, 0.5) is 0 Å². The third kappa shape index (κ3) is 3.25. The number of phenols is 2. The molecule has 0 aliphatic carbocycles. The molecular weight excluding hydrogens is 286 g/mol. The number of benzene rings is 2. The molecule has 3 rings (SSSR count). The molecule has 0 spiro atoms. The zero-order valence-corrected chi connectivity index (χ0v) is 13.5. The molecule has 0 saturated heterocycles. The number of phenolic OH excluding ortho intramolecular Hbond substituents is 2. The Balaban J connectivity index is 2.09. The Morgan fingerprint density at radius 1 is 1.22 bits per heavy atom. The van der Waals surface area contributed by atoms with Crippen LogP contribution in [0, 0.1) is 6.92 Å².